The van der Waals surface area contributed by atoms with Crippen LogP contribution >= 0.6 is 0 Å². The lowest BCUT2D eigenvalue weighted by molar-refractivity contribution is -0.212. The van der Waals surface area contributed by atoms with E-state index in [1.54, 1.807) is 12.5 Å². The van der Waals surface area contributed by atoms with Gasteiger partial charge in [-0.25, -0.2) is 0 Å². The van der Waals surface area contributed by atoms with E-state index < -0.39 is 0 Å². The fourth-order valence-electron chi connectivity index (χ4n) is 11.0. The zero-order valence-electron chi connectivity index (χ0n) is 26.7. The molecular weight excluding hydrogens is 500 g/mol. The van der Waals surface area contributed by atoms with Gasteiger partial charge in [0.25, 0.3) is 0 Å². The molecule has 0 aliphatic heterocycles. The third-order valence-corrected chi connectivity index (χ3v) is 12.2. The molecule has 40 heavy (non-hydrogen) atoms. The minimum absolute atomic E-state index is 0. The quantitative estimate of drug-likeness (QED) is 0.315. The number of hydrogen-bond donors (Lipinski definition) is 0. The summed E-state index contributed by atoms with van der Waals surface area (Å²) in [5, 5.41) is 0. The van der Waals surface area contributed by atoms with E-state index in [2.05, 4.69) is 48.5 Å². The molecule has 5 heteroatoms. The largest absolute Gasteiger partial charge is 0.462 e. The fraction of sp³-hybridized carbons (Fsp3) is 0.857. The summed E-state index contributed by atoms with van der Waals surface area (Å²) in [6.07, 6.45) is 10.5. The topological polar surface area (TPSA) is 91.9 Å². The Kier molecular flexibility index (Phi) is 11.7. The van der Waals surface area contributed by atoms with Gasteiger partial charge in [-0.2, -0.15) is 0 Å². The highest BCUT2D eigenvalue weighted by Crippen LogP contribution is 2.72. The van der Waals surface area contributed by atoms with Crippen LogP contribution in [0.15, 0.2) is 11.1 Å². The Bertz CT molecular complexity index is 956. The predicted molar refractivity (Wildman–Crippen MR) is 167 cm³/mol. The van der Waals surface area contributed by atoms with Gasteiger partial charge >= 0.3 is 5.97 Å². The number of carbonyl (C=O) groups is 3. The van der Waals surface area contributed by atoms with Gasteiger partial charge in [0.15, 0.2) is 5.78 Å². The van der Waals surface area contributed by atoms with Crippen LogP contribution in [0.25, 0.3) is 0 Å². The number of fused-ring (bicyclic) bond motifs is 7. The second-order valence-electron chi connectivity index (χ2n) is 14.6. The van der Waals surface area contributed by atoms with Crippen molar-refractivity contribution in [3.8, 4) is 0 Å². The molecule has 234 valence electrons. The van der Waals surface area contributed by atoms with Crippen molar-refractivity contribution in [2.45, 2.75) is 141 Å². The van der Waals surface area contributed by atoms with E-state index in [1.807, 2.05) is 20.6 Å². The molecule has 0 aromatic heterocycles. The Morgan fingerprint density at radius 1 is 0.900 bits per heavy atom. The number of ether oxygens (including phenoxy) is 1. The first-order valence-corrected chi connectivity index (χ1v) is 15.5. The van der Waals surface area contributed by atoms with Gasteiger partial charge in [0, 0.05) is 20.2 Å². The molecule has 5 aliphatic rings. The average Bonchev–Trinajstić information content (AvgIpc) is 3.13. The molecule has 0 heterocycles. The summed E-state index contributed by atoms with van der Waals surface area (Å²) < 4.78 is 5.87. The average molecular weight is 565 g/mol. The minimum Gasteiger partial charge on any atom is -0.462 e. The highest BCUT2D eigenvalue weighted by molar-refractivity contribution is 6.00. The molecule has 4 unspecified atom stereocenters. The van der Waals surface area contributed by atoms with Gasteiger partial charge in [0.1, 0.15) is 12.9 Å². The molecule has 0 radical (unpaired) electrons. The van der Waals surface area contributed by atoms with Crippen molar-refractivity contribution in [3.05, 3.63) is 11.1 Å². The number of carbonyl (C=O) groups excluding carboxylic acids is 3. The fourth-order valence-corrected chi connectivity index (χ4v) is 11.0. The van der Waals surface area contributed by atoms with Crippen molar-refractivity contribution in [2.24, 2.45) is 51.2 Å². The molecule has 0 saturated heterocycles. The van der Waals surface area contributed by atoms with Crippen molar-refractivity contribution in [1.82, 2.24) is 0 Å². The molecule has 2 N–H and O–H groups in total. The summed E-state index contributed by atoms with van der Waals surface area (Å²) in [6.45, 7) is 24.4. The summed E-state index contributed by atoms with van der Waals surface area (Å²) in [7, 11) is 0. The standard InChI is InChI=1S/C31H48O3.C2H6.CH2O.CH4.H2O.H2/c1-18(2)26-22(33)17-29(6)14-11-21-20(27(26)29)9-10-24-30(21,7)15-12-23-28(4,5)25(34-19(3)32)13-16-31(23,24)8;2*1-2;;;/h18,20-21,23-25H,9-17H2,1-8H3;1-2H3;1H2;1H4;1H2;1H/t20?,21?,23?,24?,25-,29-,30-,31-;;;;;/m0...../s1. The maximum atomic E-state index is 13.1. The highest BCUT2D eigenvalue weighted by Gasteiger charge is 2.66. The molecular formula is C35H64O5. The van der Waals surface area contributed by atoms with E-state index in [4.69, 9.17) is 9.53 Å². The van der Waals surface area contributed by atoms with Crippen LogP contribution in [-0.4, -0.2) is 30.1 Å². The molecule has 5 aliphatic carbocycles. The normalized spacial score (nSPS) is 40.7. The maximum Gasteiger partial charge on any atom is 0.302 e. The van der Waals surface area contributed by atoms with E-state index in [1.165, 1.54) is 50.5 Å². The zero-order valence-corrected chi connectivity index (χ0v) is 26.7. The van der Waals surface area contributed by atoms with Gasteiger partial charge in [-0.3, -0.25) is 9.59 Å². The van der Waals surface area contributed by atoms with Gasteiger partial charge in [0.05, 0.1) is 0 Å². The van der Waals surface area contributed by atoms with Gasteiger partial charge in [0.2, 0.25) is 0 Å². The van der Waals surface area contributed by atoms with Crippen LogP contribution in [0.3, 0.4) is 0 Å². The summed E-state index contributed by atoms with van der Waals surface area (Å²) >= 11 is 0. The molecule has 4 saturated carbocycles. The molecule has 5 nitrogen and oxygen atoms in total. The number of rotatable bonds is 2. The second kappa shape index (κ2) is 12.8. The first-order valence-electron chi connectivity index (χ1n) is 15.5. The first-order chi connectivity index (χ1) is 17.8. The summed E-state index contributed by atoms with van der Waals surface area (Å²) in [5.41, 5.74) is 3.59. The third kappa shape index (κ3) is 5.38. The van der Waals surface area contributed by atoms with Crippen molar-refractivity contribution in [1.29, 1.82) is 0 Å². The van der Waals surface area contributed by atoms with Crippen LogP contribution in [0.2, 0.25) is 0 Å². The van der Waals surface area contributed by atoms with Gasteiger partial charge < -0.3 is 15.0 Å². The van der Waals surface area contributed by atoms with Gasteiger partial charge in [-0.15, -0.1) is 0 Å². The van der Waals surface area contributed by atoms with E-state index in [0.717, 1.165) is 18.8 Å². The second-order valence-corrected chi connectivity index (χ2v) is 14.6. The molecule has 0 aromatic carbocycles. The maximum absolute atomic E-state index is 13.1. The van der Waals surface area contributed by atoms with Gasteiger partial charge in [-0.05, 0) is 103 Å². The summed E-state index contributed by atoms with van der Waals surface area (Å²) in [4.78, 5) is 33.0. The monoisotopic (exact) mass is 564 g/mol. The van der Waals surface area contributed by atoms with Crippen LogP contribution in [0, 0.1) is 51.2 Å². The van der Waals surface area contributed by atoms with Crippen molar-refractivity contribution in [3.63, 3.8) is 0 Å². The van der Waals surface area contributed by atoms with Crippen LogP contribution < -0.4 is 0 Å². The van der Waals surface area contributed by atoms with E-state index in [9.17, 15) is 9.59 Å². The molecule has 0 bridgehead atoms. The third-order valence-electron chi connectivity index (χ3n) is 12.2. The molecule has 8 atom stereocenters. The Hall–Kier alpha value is -1.49. The summed E-state index contributed by atoms with van der Waals surface area (Å²) in [6, 6.07) is 0. The Morgan fingerprint density at radius 2 is 1.48 bits per heavy atom. The van der Waals surface area contributed by atoms with Crippen molar-refractivity contribution in [2.75, 3.05) is 0 Å². The van der Waals surface area contributed by atoms with E-state index in [0.29, 0.717) is 40.3 Å². The number of esters is 1. The van der Waals surface area contributed by atoms with E-state index in [-0.39, 0.29) is 37.2 Å². The minimum atomic E-state index is -0.131. The molecule has 4 fully saturated rings. The number of hydrogen-bond acceptors (Lipinski definition) is 4. The van der Waals surface area contributed by atoms with Crippen LogP contribution in [0.1, 0.15) is 136 Å². The lowest BCUT2D eigenvalue weighted by Gasteiger charge is -2.68. The number of allylic oxidation sites excluding steroid dienone is 2. The number of Topliss-reactive ketones (excluding diaryl/α,β-unsaturated/α-hetero) is 1. The smallest absolute Gasteiger partial charge is 0.302 e. The SMILES string of the molecule is C.C=O.CC.CC(=O)O[C@H]1CC[C@@]2(C)C(CC[C@@]3(C)C4CC[C@@]5(C)CC(=O)C(C(C)C)=C5C4CCC32)C1(C)C.O.[HH]. The molecule has 0 spiro atoms. The molecule has 0 amide bonds. The van der Waals surface area contributed by atoms with Crippen molar-refractivity contribution >= 4 is 18.5 Å². The lowest BCUT2D eigenvalue weighted by Crippen LogP contribution is -2.62. The Balaban J connectivity index is 0.00000219. The van der Waals surface area contributed by atoms with Crippen LogP contribution in [0.4, 0.5) is 0 Å². The molecule has 0 aromatic rings. The highest BCUT2D eigenvalue weighted by atomic mass is 16.5. The first kappa shape index (κ1) is 36.5. The van der Waals surface area contributed by atoms with E-state index >= 15 is 0 Å². The van der Waals surface area contributed by atoms with Crippen LogP contribution in [0.5, 0.6) is 0 Å². The lowest BCUT2D eigenvalue weighted by atomic mass is 9.36. The zero-order chi connectivity index (χ0) is 28.8. The number of ketones is 1. The van der Waals surface area contributed by atoms with Crippen molar-refractivity contribution < 1.29 is 26.0 Å². The van der Waals surface area contributed by atoms with Gasteiger partial charge in [-0.1, -0.05) is 75.3 Å². The summed E-state index contributed by atoms with van der Waals surface area (Å²) in [5.74, 6) is 3.30. The van der Waals surface area contributed by atoms with Crippen LogP contribution in [-0.2, 0) is 19.1 Å². The Labute approximate surface area is 247 Å². The molecule has 5 rings (SSSR count). The predicted octanol–water partition coefficient (Wildman–Crippen LogP) is 8.43. The Morgan fingerprint density at radius 3 is 2.02 bits per heavy atom.